The molecule has 4 rings (SSSR count). The number of alkyl halides is 3. The van der Waals surface area contributed by atoms with Crippen LogP contribution in [0.3, 0.4) is 0 Å². The molecule has 140 valence electrons. The van der Waals surface area contributed by atoms with Gasteiger partial charge in [0.2, 0.25) is 5.82 Å². The van der Waals surface area contributed by atoms with E-state index >= 15 is 0 Å². The fourth-order valence-corrected chi connectivity index (χ4v) is 3.05. The number of halogens is 3. The topological polar surface area (TPSA) is 59.7 Å². The van der Waals surface area contributed by atoms with Gasteiger partial charge < -0.3 is 9.64 Å². The molecule has 2 aromatic heterocycles. The predicted molar refractivity (Wildman–Crippen MR) is 90.1 cm³/mol. The molecule has 0 bridgehead atoms. The van der Waals surface area contributed by atoms with Gasteiger partial charge in [0.15, 0.2) is 0 Å². The Morgan fingerprint density at radius 2 is 1.96 bits per heavy atom. The molecule has 0 saturated carbocycles. The van der Waals surface area contributed by atoms with E-state index in [4.69, 9.17) is 4.74 Å². The molecule has 0 N–H and O–H groups in total. The molecule has 1 fully saturated rings. The molecule has 0 aliphatic carbocycles. The zero-order valence-electron chi connectivity index (χ0n) is 14.1. The molecule has 1 aliphatic heterocycles. The van der Waals surface area contributed by atoms with Crippen LogP contribution in [0.4, 0.5) is 13.2 Å². The summed E-state index contributed by atoms with van der Waals surface area (Å²) in [4.78, 5) is 22.9. The van der Waals surface area contributed by atoms with E-state index in [9.17, 15) is 18.0 Å². The summed E-state index contributed by atoms with van der Waals surface area (Å²) < 4.78 is 46.0. The van der Waals surface area contributed by atoms with Crippen molar-refractivity contribution in [2.75, 3.05) is 26.3 Å². The number of rotatable bonds is 2. The number of morpholine rings is 1. The predicted octanol–water partition coefficient (Wildman–Crippen LogP) is 2.89. The number of nitrogens with zero attached hydrogens (tertiary/aromatic N) is 4. The summed E-state index contributed by atoms with van der Waals surface area (Å²) >= 11 is 0. The molecule has 0 unspecified atom stereocenters. The first-order chi connectivity index (χ1) is 12.9. The fraction of sp³-hybridized carbons (Fsp3) is 0.278. The molecule has 0 radical (unpaired) electrons. The number of amides is 1. The Kier molecular flexibility index (Phi) is 4.31. The minimum absolute atomic E-state index is 0.140. The lowest BCUT2D eigenvalue weighted by molar-refractivity contribution is -0.137. The van der Waals surface area contributed by atoms with Crippen LogP contribution in [0.25, 0.3) is 16.8 Å². The Morgan fingerprint density at radius 1 is 1.19 bits per heavy atom. The van der Waals surface area contributed by atoms with E-state index < -0.39 is 11.7 Å². The van der Waals surface area contributed by atoms with Gasteiger partial charge in [-0.1, -0.05) is 12.1 Å². The molecule has 0 atom stereocenters. The molecule has 1 saturated heterocycles. The third-order valence-corrected chi connectivity index (χ3v) is 4.40. The van der Waals surface area contributed by atoms with Gasteiger partial charge in [-0.05, 0) is 12.1 Å². The van der Waals surface area contributed by atoms with Gasteiger partial charge in [0.1, 0.15) is 0 Å². The van der Waals surface area contributed by atoms with Crippen molar-refractivity contribution < 1.29 is 22.7 Å². The van der Waals surface area contributed by atoms with Crippen LogP contribution in [0.15, 0.2) is 42.9 Å². The molecule has 27 heavy (non-hydrogen) atoms. The first-order valence-electron chi connectivity index (χ1n) is 8.32. The second-order valence-electron chi connectivity index (χ2n) is 6.10. The van der Waals surface area contributed by atoms with Gasteiger partial charge in [-0.15, -0.1) is 0 Å². The molecule has 9 heteroatoms. The highest BCUT2D eigenvalue weighted by Gasteiger charge is 2.31. The van der Waals surface area contributed by atoms with Crippen molar-refractivity contribution in [3.05, 3.63) is 54.2 Å². The zero-order chi connectivity index (χ0) is 19.0. The number of hydrogen-bond acceptors (Lipinski definition) is 4. The first-order valence-corrected chi connectivity index (χ1v) is 8.32. The van der Waals surface area contributed by atoms with E-state index in [1.165, 1.54) is 24.5 Å². The van der Waals surface area contributed by atoms with Crippen molar-refractivity contribution in [1.29, 1.82) is 0 Å². The maximum atomic E-state index is 13.1. The largest absolute Gasteiger partial charge is 0.416 e. The third-order valence-electron chi connectivity index (χ3n) is 4.40. The number of fused-ring (bicyclic) bond motifs is 1. The first kappa shape index (κ1) is 17.5. The molecule has 1 aromatic carbocycles. The molecule has 3 aromatic rings. The molecule has 6 nitrogen and oxygen atoms in total. The Hall–Kier alpha value is -2.94. The van der Waals surface area contributed by atoms with E-state index in [1.54, 1.807) is 15.5 Å². The average Bonchev–Trinajstić information content (AvgIpc) is 3.07. The number of imidazole rings is 1. The molecular weight excluding hydrogens is 361 g/mol. The SMILES string of the molecule is O=C(c1nc(-c2cccc(C(F)(F)F)c2)c2cnccn12)N1CCOCC1. The maximum absolute atomic E-state index is 13.1. The van der Waals surface area contributed by atoms with Crippen molar-refractivity contribution in [3.63, 3.8) is 0 Å². The van der Waals surface area contributed by atoms with Gasteiger partial charge in [-0.2, -0.15) is 13.2 Å². The monoisotopic (exact) mass is 376 g/mol. The number of carbonyl (C=O) groups excluding carboxylic acids is 1. The van der Waals surface area contributed by atoms with E-state index in [1.807, 2.05) is 0 Å². The number of aromatic nitrogens is 3. The van der Waals surface area contributed by atoms with Crippen molar-refractivity contribution in [3.8, 4) is 11.3 Å². The number of hydrogen-bond donors (Lipinski definition) is 0. The van der Waals surface area contributed by atoms with E-state index in [-0.39, 0.29) is 23.0 Å². The number of benzene rings is 1. The van der Waals surface area contributed by atoms with Crippen molar-refractivity contribution in [2.45, 2.75) is 6.18 Å². The lowest BCUT2D eigenvalue weighted by Crippen LogP contribution is -2.41. The number of carbonyl (C=O) groups is 1. The highest BCUT2D eigenvalue weighted by atomic mass is 19.4. The van der Waals surface area contributed by atoms with Crippen LogP contribution >= 0.6 is 0 Å². The lowest BCUT2D eigenvalue weighted by atomic mass is 10.1. The van der Waals surface area contributed by atoms with E-state index in [2.05, 4.69) is 9.97 Å². The van der Waals surface area contributed by atoms with Crippen LogP contribution in [0, 0.1) is 0 Å². The molecular formula is C18H15F3N4O2. The van der Waals surface area contributed by atoms with Gasteiger partial charge in [-0.25, -0.2) is 4.98 Å². The van der Waals surface area contributed by atoms with Gasteiger partial charge in [-0.3, -0.25) is 14.2 Å². The Bertz CT molecular complexity index is 994. The highest BCUT2D eigenvalue weighted by molar-refractivity contribution is 5.94. The summed E-state index contributed by atoms with van der Waals surface area (Å²) in [5, 5.41) is 0. The number of ether oxygens (including phenoxy) is 1. The van der Waals surface area contributed by atoms with Gasteiger partial charge >= 0.3 is 6.18 Å². The summed E-state index contributed by atoms with van der Waals surface area (Å²) in [5.41, 5.74) is 0.252. The van der Waals surface area contributed by atoms with Gasteiger partial charge in [0.25, 0.3) is 5.91 Å². The van der Waals surface area contributed by atoms with Gasteiger partial charge in [0.05, 0.1) is 36.2 Å². The fourth-order valence-electron chi connectivity index (χ4n) is 3.05. The Morgan fingerprint density at radius 3 is 2.70 bits per heavy atom. The second-order valence-corrected chi connectivity index (χ2v) is 6.10. The summed E-state index contributed by atoms with van der Waals surface area (Å²) in [6, 6.07) is 4.88. The van der Waals surface area contributed by atoms with Crippen molar-refractivity contribution in [2.24, 2.45) is 0 Å². The lowest BCUT2D eigenvalue weighted by Gasteiger charge is -2.26. The van der Waals surface area contributed by atoms with Crippen LogP contribution in [-0.2, 0) is 10.9 Å². The normalized spacial score (nSPS) is 15.3. The standard InChI is InChI=1S/C18H15F3N4O2/c19-18(20,21)13-3-1-2-12(10-13)15-14-11-22-4-5-25(14)16(23-15)17(26)24-6-8-27-9-7-24/h1-5,10-11H,6-9H2. The van der Waals surface area contributed by atoms with Crippen LogP contribution in [0.2, 0.25) is 0 Å². The van der Waals surface area contributed by atoms with Crippen LogP contribution in [0.1, 0.15) is 16.2 Å². The summed E-state index contributed by atoms with van der Waals surface area (Å²) in [6.45, 7) is 1.77. The molecule has 0 spiro atoms. The maximum Gasteiger partial charge on any atom is 0.416 e. The summed E-state index contributed by atoms with van der Waals surface area (Å²) in [7, 11) is 0. The third kappa shape index (κ3) is 3.25. The minimum Gasteiger partial charge on any atom is -0.378 e. The molecule has 1 aliphatic rings. The van der Waals surface area contributed by atoms with Crippen molar-refractivity contribution in [1.82, 2.24) is 19.3 Å². The summed E-state index contributed by atoms with van der Waals surface area (Å²) in [5.74, 6) is -0.153. The van der Waals surface area contributed by atoms with Crippen LogP contribution < -0.4 is 0 Å². The van der Waals surface area contributed by atoms with E-state index in [0.717, 1.165) is 12.1 Å². The second kappa shape index (κ2) is 6.66. The summed E-state index contributed by atoms with van der Waals surface area (Å²) in [6.07, 6.45) is 0.1000. The van der Waals surface area contributed by atoms with Gasteiger partial charge in [0, 0.05) is 31.0 Å². The highest BCUT2D eigenvalue weighted by Crippen LogP contribution is 2.33. The Labute approximate surface area is 152 Å². The smallest absolute Gasteiger partial charge is 0.378 e. The van der Waals surface area contributed by atoms with Crippen LogP contribution in [0.5, 0.6) is 0 Å². The van der Waals surface area contributed by atoms with Crippen LogP contribution in [-0.4, -0.2) is 51.5 Å². The average molecular weight is 376 g/mol. The Balaban J connectivity index is 1.82. The zero-order valence-corrected chi connectivity index (χ0v) is 14.1. The van der Waals surface area contributed by atoms with E-state index in [0.29, 0.717) is 31.8 Å². The van der Waals surface area contributed by atoms with Crippen molar-refractivity contribution >= 4 is 11.4 Å². The molecule has 1 amide bonds. The quantitative estimate of drug-likeness (QED) is 0.690. The molecule has 3 heterocycles. The minimum atomic E-state index is -4.46.